The van der Waals surface area contributed by atoms with Gasteiger partial charge in [0, 0.05) is 0 Å². The topological polar surface area (TPSA) is 61.0 Å². The SMILES string of the molecule is CC(C)Oc1nc2ccsc2nc1N. The van der Waals surface area contributed by atoms with Crippen LogP contribution in [0.5, 0.6) is 5.88 Å². The summed E-state index contributed by atoms with van der Waals surface area (Å²) in [6, 6.07) is 1.90. The number of rotatable bonds is 2. The van der Waals surface area contributed by atoms with E-state index < -0.39 is 0 Å². The van der Waals surface area contributed by atoms with E-state index in [1.165, 1.54) is 11.3 Å². The maximum Gasteiger partial charge on any atom is 0.258 e. The first-order valence-corrected chi connectivity index (χ1v) is 5.22. The zero-order valence-electron chi connectivity index (χ0n) is 8.02. The normalized spacial score (nSPS) is 11.1. The highest BCUT2D eigenvalue weighted by atomic mass is 32.1. The Morgan fingerprint density at radius 3 is 2.93 bits per heavy atom. The van der Waals surface area contributed by atoms with Crippen molar-refractivity contribution in [3.05, 3.63) is 11.4 Å². The van der Waals surface area contributed by atoms with Gasteiger partial charge in [-0.25, -0.2) is 9.97 Å². The molecule has 0 saturated carbocycles. The van der Waals surface area contributed by atoms with Crippen LogP contribution < -0.4 is 10.5 Å². The summed E-state index contributed by atoms with van der Waals surface area (Å²) >= 11 is 1.52. The molecule has 0 radical (unpaired) electrons. The number of aromatic nitrogens is 2. The Hall–Kier alpha value is -1.36. The molecule has 5 heteroatoms. The average molecular weight is 209 g/mol. The summed E-state index contributed by atoms with van der Waals surface area (Å²) in [6.07, 6.45) is 0.0580. The second-order valence-corrected chi connectivity index (χ2v) is 4.09. The fourth-order valence-corrected chi connectivity index (χ4v) is 1.81. The van der Waals surface area contributed by atoms with E-state index in [0.29, 0.717) is 11.7 Å². The highest BCUT2D eigenvalue weighted by molar-refractivity contribution is 7.16. The first kappa shape index (κ1) is 9.21. The molecule has 74 valence electrons. The predicted molar refractivity (Wildman–Crippen MR) is 57.6 cm³/mol. The summed E-state index contributed by atoms with van der Waals surface area (Å²) in [5, 5.41) is 1.93. The van der Waals surface area contributed by atoms with E-state index in [0.717, 1.165) is 10.3 Å². The molecule has 0 aliphatic heterocycles. The number of nitrogen functional groups attached to an aromatic ring is 1. The molecule has 0 amide bonds. The van der Waals surface area contributed by atoms with Crippen LogP contribution in [0.2, 0.25) is 0 Å². The Morgan fingerprint density at radius 2 is 2.21 bits per heavy atom. The molecule has 2 aromatic rings. The molecule has 14 heavy (non-hydrogen) atoms. The number of nitrogens with zero attached hydrogens (tertiary/aromatic N) is 2. The van der Waals surface area contributed by atoms with Crippen LogP contribution in [-0.4, -0.2) is 16.1 Å². The number of hydrogen-bond donors (Lipinski definition) is 1. The number of fused-ring (bicyclic) bond motifs is 1. The Morgan fingerprint density at radius 1 is 1.43 bits per heavy atom. The summed E-state index contributed by atoms with van der Waals surface area (Å²) in [5.74, 6) is 0.777. The Balaban J connectivity index is 2.48. The smallest absolute Gasteiger partial charge is 0.258 e. The second kappa shape index (κ2) is 3.42. The minimum absolute atomic E-state index is 0.0580. The molecule has 0 aliphatic carbocycles. The molecule has 0 spiro atoms. The van der Waals surface area contributed by atoms with Crippen molar-refractivity contribution in [2.75, 3.05) is 5.73 Å². The maximum absolute atomic E-state index is 5.70. The van der Waals surface area contributed by atoms with Crippen LogP contribution in [0, 0.1) is 0 Å². The van der Waals surface area contributed by atoms with Crippen LogP contribution in [0.3, 0.4) is 0 Å². The monoisotopic (exact) mass is 209 g/mol. The van der Waals surface area contributed by atoms with Gasteiger partial charge in [-0.1, -0.05) is 0 Å². The van der Waals surface area contributed by atoms with E-state index in [9.17, 15) is 0 Å². The van der Waals surface area contributed by atoms with Gasteiger partial charge in [0.25, 0.3) is 5.88 Å². The van der Waals surface area contributed by atoms with E-state index >= 15 is 0 Å². The number of anilines is 1. The van der Waals surface area contributed by atoms with Gasteiger partial charge < -0.3 is 10.5 Å². The van der Waals surface area contributed by atoms with Gasteiger partial charge in [0.1, 0.15) is 10.3 Å². The highest BCUT2D eigenvalue weighted by Gasteiger charge is 2.08. The zero-order valence-corrected chi connectivity index (χ0v) is 8.84. The van der Waals surface area contributed by atoms with Crippen LogP contribution in [0.15, 0.2) is 11.4 Å². The van der Waals surface area contributed by atoms with Crippen molar-refractivity contribution in [2.45, 2.75) is 20.0 Å². The predicted octanol–water partition coefficient (Wildman–Crippen LogP) is 2.06. The van der Waals surface area contributed by atoms with E-state index in [2.05, 4.69) is 9.97 Å². The van der Waals surface area contributed by atoms with Crippen LogP contribution >= 0.6 is 11.3 Å². The second-order valence-electron chi connectivity index (χ2n) is 3.19. The lowest BCUT2D eigenvalue weighted by atomic mass is 10.4. The molecule has 0 bridgehead atoms. The Labute approximate surface area is 85.7 Å². The third-order valence-corrected chi connectivity index (χ3v) is 2.43. The lowest BCUT2D eigenvalue weighted by Crippen LogP contribution is -2.09. The first-order chi connectivity index (χ1) is 6.66. The summed E-state index contributed by atoms with van der Waals surface area (Å²) in [7, 11) is 0. The molecule has 2 heterocycles. The molecular formula is C9H11N3OS. The van der Waals surface area contributed by atoms with Crippen LogP contribution in [0.4, 0.5) is 5.82 Å². The molecule has 0 aromatic carbocycles. The molecule has 2 N–H and O–H groups in total. The molecule has 2 rings (SSSR count). The van der Waals surface area contributed by atoms with Crippen molar-refractivity contribution < 1.29 is 4.74 Å². The van der Waals surface area contributed by atoms with Gasteiger partial charge in [0.2, 0.25) is 0 Å². The molecular weight excluding hydrogens is 198 g/mol. The lowest BCUT2D eigenvalue weighted by Gasteiger charge is -2.09. The van der Waals surface area contributed by atoms with Crippen molar-refractivity contribution in [1.82, 2.24) is 9.97 Å². The number of hydrogen-bond acceptors (Lipinski definition) is 5. The third kappa shape index (κ3) is 1.63. The van der Waals surface area contributed by atoms with Gasteiger partial charge in [-0.2, -0.15) is 0 Å². The van der Waals surface area contributed by atoms with Crippen molar-refractivity contribution in [1.29, 1.82) is 0 Å². The third-order valence-electron chi connectivity index (χ3n) is 1.64. The maximum atomic E-state index is 5.70. The summed E-state index contributed by atoms with van der Waals surface area (Å²) in [6.45, 7) is 3.86. The fourth-order valence-electron chi connectivity index (χ4n) is 1.10. The highest BCUT2D eigenvalue weighted by Crippen LogP contribution is 2.24. The van der Waals surface area contributed by atoms with Crippen molar-refractivity contribution in [3.63, 3.8) is 0 Å². The Kier molecular flexibility index (Phi) is 2.25. The van der Waals surface area contributed by atoms with Crippen molar-refractivity contribution >= 4 is 27.5 Å². The van der Waals surface area contributed by atoms with E-state index in [-0.39, 0.29) is 6.10 Å². The van der Waals surface area contributed by atoms with Gasteiger partial charge in [0.15, 0.2) is 5.82 Å². The summed E-state index contributed by atoms with van der Waals surface area (Å²) in [4.78, 5) is 9.32. The molecule has 0 saturated heterocycles. The molecule has 4 nitrogen and oxygen atoms in total. The molecule has 2 aromatic heterocycles. The quantitative estimate of drug-likeness (QED) is 0.822. The minimum Gasteiger partial charge on any atom is -0.472 e. The van der Waals surface area contributed by atoms with Gasteiger partial charge in [-0.05, 0) is 25.3 Å². The van der Waals surface area contributed by atoms with Gasteiger partial charge in [-0.3, -0.25) is 0 Å². The van der Waals surface area contributed by atoms with Gasteiger partial charge in [-0.15, -0.1) is 11.3 Å². The standard InChI is InChI=1S/C9H11N3OS/c1-5(2)13-8-7(10)12-9-6(11-8)3-4-14-9/h3-5H,1-2H3,(H2,10,12). The molecule has 0 unspecified atom stereocenters. The van der Waals surface area contributed by atoms with Crippen LogP contribution in [0.25, 0.3) is 10.3 Å². The lowest BCUT2D eigenvalue weighted by molar-refractivity contribution is 0.234. The Bertz CT molecular complexity index is 452. The number of ether oxygens (including phenoxy) is 1. The van der Waals surface area contributed by atoms with Gasteiger partial charge in [0.05, 0.1) is 6.10 Å². The van der Waals surface area contributed by atoms with Crippen LogP contribution in [0.1, 0.15) is 13.8 Å². The number of nitrogens with two attached hydrogens (primary N) is 1. The molecule has 0 atom stereocenters. The van der Waals surface area contributed by atoms with Crippen molar-refractivity contribution in [3.8, 4) is 5.88 Å². The summed E-state index contributed by atoms with van der Waals surface area (Å²) < 4.78 is 5.43. The van der Waals surface area contributed by atoms with Crippen LogP contribution in [-0.2, 0) is 0 Å². The van der Waals surface area contributed by atoms with E-state index in [1.54, 1.807) is 0 Å². The minimum atomic E-state index is 0.0580. The van der Waals surface area contributed by atoms with E-state index in [1.807, 2.05) is 25.3 Å². The molecule has 0 fully saturated rings. The first-order valence-electron chi connectivity index (χ1n) is 4.34. The summed E-state index contributed by atoms with van der Waals surface area (Å²) in [5.41, 5.74) is 6.54. The zero-order chi connectivity index (χ0) is 10.1. The fraction of sp³-hybridized carbons (Fsp3) is 0.333. The van der Waals surface area contributed by atoms with E-state index in [4.69, 9.17) is 10.5 Å². The van der Waals surface area contributed by atoms with Crippen molar-refractivity contribution in [2.24, 2.45) is 0 Å². The largest absolute Gasteiger partial charge is 0.472 e. The van der Waals surface area contributed by atoms with Gasteiger partial charge >= 0.3 is 0 Å². The average Bonchev–Trinajstić information content (AvgIpc) is 2.51. The molecule has 0 aliphatic rings. The number of thiophene rings is 1.